The van der Waals surface area contributed by atoms with E-state index < -0.39 is 0 Å². The number of likely N-dealkylation sites (tertiary alicyclic amines) is 1. The van der Waals surface area contributed by atoms with E-state index in [1.54, 1.807) is 0 Å². The van der Waals surface area contributed by atoms with Crippen LogP contribution in [0.25, 0.3) is 0 Å². The monoisotopic (exact) mass is 311 g/mol. The molecule has 0 spiro atoms. The van der Waals surface area contributed by atoms with Gasteiger partial charge in [-0.3, -0.25) is 0 Å². The first-order valence-corrected chi connectivity index (χ1v) is 6.82. The van der Waals surface area contributed by atoms with Gasteiger partial charge in [0.25, 0.3) is 0 Å². The second kappa shape index (κ2) is 7.84. The molecule has 4 heteroatoms. The summed E-state index contributed by atoms with van der Waals surface area (Å²) in [6, 6.07) is 0. The van der Waals surface area contributed by atoms with E-state index in [2.05, 4.69) is 38.1 Å². The minimum absolute atomic E-state index is 0.555. The Labute approximate surface area is 101 Å². The Kier molecular flexibility index (Phi) is 7.10. The lowest BCUT2D eigenvalue weighted by Crippen LogP contribution is -2.33. The Balaban J connectivity index is 1.84. The predicted octanol–water partition coefficient (Wildman–Crippen LogP) is 1.04. The van der Waals surface area contributed by atoms with Gasteiger partial charge in [0.1, 0.15) is 0 Å². The molecule has 0 bridgehead atoms. The van der Waals surface area contributed by atoms with Crippen LogP contribution >= 0.6 is 22.6 Å². The number of hydrogen-bond donors (Lipinski definition) is 2. The van der Waals surface area contributed by atoms with Gasteiger partial charge in [-0.05, 0) is 52.5 Å². The summed E-state index contributed by atoms with van der Waals surface area (Å²) >= 11 is 2.41. The summed E-state index contributed by atoms with van der Waals surface area (Å²) in [5, 5.41) is 6.67. The second-order valence-corrected chi connectivity index (χ2v) is 5.37. The third-order valence-corrected chi connectivity index (χ3v) is 3.73. The third-order valence-electron chi connectivity index (χ3n) is 2.66. The molecular formula is C10H22IN3. The number of nitrogens with zero attached hydrogens (tertiary/aromatic N) is 1. The van der Waals surface area contributed by atoms with Crippen LogP contribution in [0.1, 0.15) is 19.3 Å². The Morgan fingerprint density at radius 2 is 2.07 bits per heavy atom. The van der Waals surface area contributed by atoms with Gasteiger partial charge in [-0.2, -0.15) is 0 Å². The van der Waals surface area contributed by atoms with Crippen LogP contribution in [0.5, 0.6) is 0 Å². The van der Waals surface area contributed by atoms with Crippen LogP contribution in [0.2, 0.25) is 0 Å². The van der Waals surface area contributed by atoms with Crippen molar-refractivity contribution >= 4 is 22.6 Å². The first kappa shape index (κ1) is 12.7. The third kappa shape index (κ3) is 5.48. The van der Waals surface area contributed by atoms with Gasteiger partial charge in [-0.25, -0.2) is 0 Å². The van der Waals surface area contributed by atoms with Gasteiger partial charge in [-0.1, -0.05) is 22.6 Å². The average molecular weight is 311 g/mol. The van der Waals surface area contributed by atoms with Crippen LogP contribution in [0.3, 0.4) is 0 Å². The number of hydrogen-bond acceptors (Lipinski definition) is 3. The number of likely N-dealkylation sites (N-methyl/N-ethyl adjacent to an activating group) is 1. The topological polar surface area (TPSA) is 27.3 Å². The summed E-state index contributed by atoms with van der Waals surface area (Å²) in [6.07, 6.45) is 4.10. The summed E-state index contributed by atoms with van der Waals surface area (Å²) in [7, 11) is 2.00. The fourth-order valence-corrected chi connectivity index (χ4v) is 2.08. The van der Waals surface area contributed by atoms with Crippen molar-refractivity contribution in [1.82, 2.24) is 15.5 Å². The molecule has 1 aliphatic rings. The fourth-order valence-electron chi connectivity index (χ4n) is 1.76. The van der Waals surface area contributed by atoms with E-state index >= 15 is 0 Å². The smallest absolute Gasteiger partial charge is 0.0717 e. The zero-order valence-corrected chi connectivity index (χ0v) is 11.2. The standard InChI is InChI=1S/C10H22IN3/c1-12-10(11)9-13-5-4-8-14-6-2-3-7-14/h10,12-13H,2-9H2,1H3. The molecule has 0 amide bonds. The van der Waals surface area contributed by atoms with Crippen molar-refractivity contribution in [3.8, 4) is 0 Å². The molecule has 1 saturated heterocycles. The Bertz CT molecular complexity index is 137. The molecule has 1 rings (SSSR count). The molecule has 1 atom stereocenters. The van der Waals surface area contributed by atoms with Crippen LogP contribution in [0.4, 0.5) is 0 Å². The van der Waals surface area contributed by atoms with Gasteiger partial charge < -0.3 is 15.5 Å². The number of alkyl halides is 1. The van der Waals surface area contributed by atoms with Crippen molar-refractivity contribution in [3.05, 3.63) is 0 Å². The first-order valence-electron chi connectivity index (χ1n) is 5.57. The normalized spacial score (nSPS) is 20.1. The van der Waals surface area contributed by atoms with Crippen LogP contribution < -0.4 is 10.6 Å². The number of rotatable bonds is 7. The highest BCUT2D eigenvalue weighted by atomic mass is 127. The van der Waals surface area contributed by atoms with Crippen LogP contribution in [0.15, 0.2) is 0 Å². The zero-order chi connectivity index (χ0) is 10.2. The molecule has 0 saturated carbocycles. The summed E-state index contributed by atoms with van der Waals surface area (Å²) < 4.78 is 0.555. The first-order chi connectivity index (χ1) is 6.83. The molecule has 1 fully saturated rings. The summed E-state index contributed by atoms with van der Waals surface area (Å²) in [6.45, 7) is 6.14. The largest absolute Gasteiger partial charge is 0.314 e. The number of nitrogens with one attached hydrogen (secondary N) is 2. The molecule has 1 aliphatic heterocycles. The summed E-state index contributed by atoms with van der Waals surface area (Å²) in [5.74, 6) is 0. The van der Waals surface area contributed by atoms with Gasteiger partial charge in [0.15, 0.2) is 0 Å². The van der Waals surface area contributed by atoms with Gasteiger partial charge in [0.2, 0.25) is 0 Å². The maximum absolute atomic E-state index is 3.46. The van der Waals surface area contributed by atoms with Crippen molar-refractivity contribution in [2.24, 2.45) is 0 Å². The Morgan fingerprint density at radius 1 is 1.36 bits per heavy atom. The molecule has 0 aromatic carbocycles. The molecule has 0 aliphatic carbocycles. The minimum atomic E-state index is 0.555. The molecule has 14 heavy (non-hydrogen) atoms. The van der Waals surface area contributed by atoms with Gasteiger partial charge in [0, 0.05) is 6.54 Å². The lowest BCUT2D eigenvalue weighted by molar-refractivity contribution is 0.331. The Morgan fingerprint density at radius 3 is 2.71 bits per heavy atom. The molecule has 1 unspecified atom stereocenters. The van der Waals surface area contributed by atoms with Crippen molar-refractivity contribution in [3.63, 3.8) is 0 Å². The van der Waals surface area contributed by atoms with Crippen molar-refractivity contribution in [2.45, 2.75) is 23.3 Å². The molecule has 84 valence electrons. The minimum Gasteiger partial charge on any atom is -0.314 e. The average Bonchev–Trinajstić information content (AvgIpc) is 2.69. The molecule has 3 nitrogen and oxygen atoms in total. The highest BCUT2D eigenvalue weighted by molar-refractivity contribution is 14.1. The van der Waals surface area contributed by atoms with Crippen molar-refractivity contribution < 1.29 is 0 Å². The predicted molar refractivity (Wildman–Crippen MR) is 70.0 cm³/mol. The molecule has 1 heterocycles. The molecule has 0 aromatic heterocycles. The van der Waals surface area contributed by atoms with Crippen LogP contribution in [0, 0.1) is 0 Å². The highest BCUT2D eigenvalue weighted by Gasteiger charge is 2.09. The quantitative estimate of drug-likeness (QED) is 0.318. The molecular weight excluding hydrogens is 289 g/mol. The van der Waals surface area contributed by atoms with E-state index in [9.17, 15) is 0 Å². The van der Waals surface area contributed by atoms with E-state index in [0.29, 0.717) is 4.05 Å². The van der Waals surface area contributed by atoms with E-state index in [1.165, 1.54) is 38.9 Å². The van der Waals surface area contributed by atoms with E-state index in [-0.39, 0.29) is 0 Å². The Hall–Kier alpha value is 0.610. The highest BCUT2D eigenvalue weighted by Crippen LogP contribution is 2.06. The van der Waals surface area contributed by atoms with Gasteiger partial charge in [-0.15, -0.1) is 0 Å². The van der Waals surface area contributed by atoms with Gasteiger partial charge in [0.05, 0.1) is 4.05 Å². The molecule has 0 aromatic rings. The lowest BCUT2D eigenvalue weighted by atomic mass is 10.4. The van der Waals surface area contributed by atoms with E-state index in [4.69, 9.17) is 0 Å². The maximum Gasteiger partial charge on any atom is 0.0717 e. The van der Waals surface area contributed by atoms with Crippen LogP contribution in [-0.4, -0.2) is 48.7 Å². The lowest BCUT2D eigenvalue weighted by Gasteiger charge is -2.15. The fraction of sp³-hybridized carbons (Fsp3) is 1.00. The SMILES string of the molecule is CNC(I)CNCCCN1CCCC1. The maximum atomic E-state index is 3.46. The second-order valence-electron chi connectivity index (χ2n) is 3.86. The zero-order valence-electron chi connectivity index (χ0n) is 9.06. The van der Waals surface area contributed by atoms with E-state index in [0.717, 1.165) is 13.1 Å². The van der Waals surface area contributed by atoms with Crippen LogP contribution in [-0.2, 0) is 0 Å². The summed E-state index contributed by atoms with van der Waals surface area (Å²) in [4.78, 5) is 2.57. The summed E-state index contributed by atoms with van der Waals surface area (Å²) in [5.41, 5.74) is 0. The van der Waals surface area contributed by atoms with Crippen molar-refractivity contribution in [2.75, 3.05) is 39.8 Å². The van der Waals surface area contributed by atoms with E-state index in [1.807, 2.05) is 7.05 Å². The number of halogens is 1. The molecule has 0 radical (unpaired) electrons. The van der Waals surface area contributed by atoms with Gasteiger partial charge >= 0.3 is 0 Å². The molecule has 2 N–H and O–H groups in total. The van der Waals surface area contributed by atoms with Crippen molar-refractivity contribution in [1.29, 1.82) is 0 Å².